The second kappa shape index (κ2) is 4.67. The van der Waals surface area contributed by atoms with Gasteiger partial charge >= 0.3 is 0 Å². The highest BCUT2D eigenvalue weighted by molar-refractivity contribution is 6.30. The second-order valence-electron chi connectivity index (χ2n) is 4.04. The lowest BCUT2D eigenvalue weighted by Gasteiger charge is -2.15. The van der Waals surface area contributed by atoms with Gasteiger partial charge in [0.2, 0.25) is 0 Å². The van der Waals surface area contributed by atoms with Crippen LogP contribution in [0.15, 0.2) is 18.2 Å². The summed E-state index contributed by atoms with van der Waals surface area (Å²) in [4.78, 5) is 1.80. The minimum absolute atomic E-state index is 0.0952. The lowest BCUT2D eigenvalue weighted by molar-refractivity contribution is 0.0572. The number of hydrogen-bond acceptors (Lipinski definition) is 3. The van der Waals surface area contributed by atoms with Gasteiger partial charge in [-0.1, -0.05) is 23.7 Å². The van der Waals surface area contributed by atoms with Crippen molar-refractivity contribution in [2.45, 2.75) is 18.8 Å². The maximum atomic E-state index is 13.6. The summed E-state index contributed by atoms with van der Waals surface area (Å²) in [6.45, 7) is 1.06. The van der Waals surface area contributed by atoms with Gasteiger partial charge in [0.15, 0.2) is 0 Å². The van der Waals surface area contributed by atoms with Crippen molar-refractivity contribution in [1.82, 2.24) is 4.90 Å². The monoisotopic (exact) mass is 245 g/mol. The Balaban J connectivity index is 2.08. The highest BCUT2D eigenvalue weighted by Gasteiger charge is 2.29. The molecule has 0 aromatic heterocycles. The van der Waals surface area contributed by atoms with Crippen LogP contribution in [-0.2, 0) is 6.54 Å². The second-order valence-corrected chi connectivity index (χ2v) is 4.45. The van der Waals surface area contributed by atoms with Crippen molar-refractivity contribution in [2.24, 2.45) is 0 Å². The molecule has 1 aromatic rings. The Morgan fingerprint density at radius 3 is 2.56 bits per heavy atom. The quantitative estimate of drug-likeness (QED) is 0.818. The Bertz CT molecular complexity index is 378. The summed E-state index contributed by atoms with van der Waals surface area (Å²) in [5.41, 5.74) is 0.480. The molecule has 0 radical (unpaired) electrons. The number of halogens is 2. The molecule has 2 rings (SSSR count). The fourth-order valence-electron chi connectivity index (χ4n) is 1.89. The van der Waals surface area contributed by atoms with Crippen LogP contribution in [0.4, 0.5) is 4.39 Å². The van der Waals surface area contributed by atoms with Crippen molar-refractivity contribution >= 4 is 11.6 Å². The molecule has 0 spiro atoms. The third kappa shape index (κ3) is 2.35. The SMILES string of the molecule is OC1CN(Cc2cccc(Cl)c2F)CC1O. The molecule has 2 N–H and O–H groups in total. The number of benzene rings is 1. The summed E-state index contributed by atoms with van der Waals surface area (Å²) >= 11 is 5.66. The Hall–Kier alpha value is -0.680. The van der Waals surface area contributed by atoms with Crippen LogP contribution in [0.2, 0.25) is 5.02 Å². The largest absolute Gasteiger partial charge is 0.389 e. The number of nitrogens with zero attached hydrogens (tertiary/aromatic N) is 1. The van der Waals surface area contributed by atoms with Gasteiger partial charge in [0.05, 0.1) is 17.2 Å². The first-order valence-electron chi connectivity index (χ1n) is 5.09. The van der Waals surface area contributed by atoms with E-state index in [-0.39, 0.29) is 5.02 Å². The Kier molecular flexibility index (Phi) is 3.44. The number of hydrogen-bond donors (Lipinski definition) is 2. The number of aliphatic hydroxyl groups is 2. The molecule has 3 nitrogen and oxygen atoms in total. The molecule has 88 valence electrons. The molecule has 0 bridgehead atoms. The third-order valence-corrected chi connectivity index (χ3v) is 3.05. The molecular weight excluding hydrogens is 233 g/mol. The van der Waals surface area contributed by atoms with Crippen LogP contribution >= 0.6 is 11.6 Å². The van der Waals surface area contributed by atoms with Gasteiger partial charge in [-0.2, -0.15) is 0 Å². The van der Waals surface area contributed by atoms with Crippen molar-refractivity contribution in [3.8, 4) is 0 Å². The minimum Gasteiger partial charge on any atom is -0.389 e. The molecule has 0 aliphatic carbocycles. The van der Waals surface area contributed by atoms with Gasteiger partial charge in [0, 0.05) is 25.2 Å². The van der Waals surface area contributed by atoms with Gasteiger partial charge in [0.1, 0.15) is 5.82 Å². The van der Waals surface area contributed by atoms with E-state index in [4.69, 9.17) is 11.6 Å². The Labute approximate surface area is 98.1 Å². The molecule has 1 aliphatic heterocycles. The van der Waals surface area contributed by atoms with Crippen LogP contribution in [0.1, 0.15) is 5.56 Å². The van der Waals surface area contributed by atoms with Crippen molar-refractivity contribution in [2.75, 3.05) is 13.1 Å². The highest BCUT2D eigenvalue weighted by atomic mass is 35.5. The molecule has 16 heavy (non-hydrogen) atoms. The zero-order chi connectivity index (χ0) is 11.7. The molecule has 1 heterocycles. The van der Waals surface area contributed by atoms with Crippen molar-refractivity contribution in [1.29, 1.82) is 0 Å². The van der Waals surface area contributed by atoms with Gasteiger partial charge in [-0.25, -0.2) is 4.39 Å². The Morgan fingerprint density at radius 1 is 1.31 bits per heavy atom. The molecule has 5 heteroatoms. The predicted molar refractivity (Wildman–Crippen MR) is 58.7 cm³/mol. The van der Waals surface area contributed by atoms with Crippen molar-refractivity contribution < 1.29 is 14.6 Å². The zero-order valence-electron chi connectivity index (χ0n) is 8.61. The zero-order valence-corrected chi connectivity index (χ0v) is 9.36. The van der Waals surface area contributed by atoms with Crippen LogP contribution in [0.25, 0.3) is 0 Å². The summed E-state index contributed by atoms with van der Waals surface area (Å²) in [5, 5.41) is 18.8. The van der Waals surface area contributed by atoms with E-state index in [1.54, 1.807) is 17.0 Å². The summed E-state index contributed by atoms with van der Waals surface area (Å²) in [5.74, 6) is -0.431. The first-order chi connectivity index (χ1) is 7.58. The van der Waals surface area contributed by atoms with Gasteiger partial charge < -0.3 is 10.2 Å². The molecule has 1 fully saturated rings. The molecule has 1 aromatic carbocycles. The van der Waals surface area contributed by atoms with Crippen molar-refractivity contribution in [3.05, 3.63) is 34.6 Å². The lowest BCUT2D eigenvalue weighted by atomic mass is 10.2. The van der Waals surface area contributed by atoms with E-state index in [9.17, 15) is 14.6 Å². The molecule has 2 unspecified atom stereocenters. The van der Waals surface area contributed by atoms with E-state index in [1.165, 1.54) is 6.07 Å². The Morgan fingerprint density at radius 2 is 1.94 bits per heavy atom. The van der Waals surface area contributed by atoms with E-state index in [0.717, 1.165) is 0 Å². The maximum Gasteiger partial charge on any atom is 0.146 e. The molecule has 0 amide bonds. The average Bonchev–Trinajstić information content (AvgIpc) is 2.54. The molecule has 1 aliphatic rings. The lowest BCUT2D eigenvalue weighted by Crippen LogP contribution is -2.22. The molecule has 1 saturated heterocycles. The predicted octanol–water partition coefficient (Wildman–Crippen LogP) is 1.02. The number of rotatable bonds is 2. The van der Waals surface area contributed by atoms with Crippen LogP contribution in [-0.4, -0.2) is 40.4 Å². The number of likely N-dealkylation sites (tertiary alicyclic amines) is 1. The van der Waals surface area contributed by atoms with E-state index in [2.05, 4.69) is 0 Å². The van der Waals surface area contributed by atoms with E-state index in [1.807, 2.05) is 0 Å². The minimum atomic E-state index is -0.748. The van der Waals surface area contributed by atoms with Crippen LogP contribution in [0.3, 0.4) is 0 Å². The van der Waals surface area contributed by atoms with E-state index in [0.29, 0.717) is 25.2 Å². The summed E-state index contributed by atoms with van der Waals surface area (Å²) in [6, 6.07) is 4.83. The molecule has 0 saturated carbocycles. The normalized spacial score (nSPS) is 26.2. The first kappa shape index (κ1) is 11.8. The highest BCUT2D eigenvalue weighted by Crippen LogP contribution is 2.21. The van der Waals surface area contributed by atoms with Crippen LogP contribution in [0.5, 0.6) is 0 Å². The van der Waals surface area contributed by atoms with Gasteiger partial charge in [-0.3, -0.25) is 4.90 Å². The van der Waals surface area contributed by atoms with Crippen LogP contribution in [0, 0.1) is 5.82 Å². The molecular formula is C11H13ClFNO2. The number of aliphatic hydroxyl groups excluding tert-OH is 2. The fourth-order valence-corrected chi connectivity index (χ4v) is 2.08. The van der Waals surface area contributed by atoms with E-state index >= 15 is 0 Å². The topological polar surface area (TPSA) is 43.7 Å². The summed E-state index contributed by atoms with van der Waals surface area (Å²) < 4.78 is 13.6. The van der Waals surface area contributed by atoms with Crippen molar-refractivity contribution in [3.63, 3.8) is 0 Å². The first-order valence-corrected chi connectivity index (χ1v) is 5.47. The fraction of sp³-hybridized carbons (Fsp3) is 0.455. The molecule has 2 atom stereocenters. The summed E-state index contributed by atoms with van der Waals surface area (Å²) in [7, 11) is 0. The van der Waals surface area contributed by atoms with Gasteiger partial charge in [-0.15, -0.1) is 0 Å². The van der Waals surface area contributed by atoms with Gasteiger partial charge in [0.25, 0.3) is 0 Å². The standard InChI is InChI=1S/C11H13ClFNO2/c12-8-3-1-2-7(11(8)13)4-14-5-9(15)10(16)6-14/h1-3,9-10,15-16H,4-6H2. The summed E-state index contributed by atoms with van der Waals surface area (Å²) in [6.07, 6.45) is -1.50. The van der Waals surface area contributed by atoms with Crippen LogP contribution < -0.4 is 0 Å². The van der Waals surface area contributed by atoms with Gasteiger partial charge in [-0.05, 0) is 6.07 Å². The number of β-amino-alcohol motifs (C(OH)–C–C–N with tert-alkyl or cyclic N) is 2. The third-order valence-electron chi connectivity index (χ3n) is 2.76. The smallest absolute Gasteiger partial charge is 0.146 e. The maximum absolute atomic E-state index is 13.6. The average molecular weight is 246 g/mol. The van der Waals surface area contributed by atoms with E-state index < -0.39 is 18.0 Å².